The minimum atomic E-state index is 0.0827. The van der Waals surface area contributed by atoms with E-state index in [2.05, 4.69) is 24.5 Å². The van der Waals surface area contributed by atoms with E-state index in [9.17, 15) is 4.79 Å². The predicted molar refractivity (Wildman–Crippen MR) is 60.5 cm³/mol. The molecule has 2 aliphatic rings. The van der Waals surface area contributed by atoms with Gasteiger partial charge in [0.25, 0.3) is 0 Å². The molecule has 15 heavy (non-hydrogen) atoms. The van der Waals surface area contributed by atoms with Crippen molar-refractivity contribution in [2.75, 3.05) is 13.1 Å². The van der Waals surface area contributed by atoms with Crippen LogP contribution in [-0.4, -0.2) is 24.5 Å². The highest BCUT2D eigenvalue weighted by molar-refractivity contribution is 5.80. The highest BCUT2D eigenvalue weighted by Crippen LogP contribution is 2.29. The molecule has 1 saturated heterocycles. The minimum absolute atomic E-state index is 0.0827. The van der Waals surface area contributed by atoms with Gasteiger partial charge in [0.15, 0.2) is 0 Å². The van der Waals surface area contributed by atoms with Crippen LogP contribution in [0.5, 0.6) is 0 Å². The van der Waals surface area contributed by atoms with Crippen molar-refractivity contribution in [2.24, 2.45) is 11.8 Å². The Hall–Kier alpha value is -0.570. The van der Waals surface area contributed by atoms with Crippen molar-refractivity contribution in [2.45, 2.75) is 45.1 Å². The van der Waals surface area contributed by atoms with Gasteiger partial charge >= 0.3 is 0 Å². The van der Waals surface area contributed by atoms with Crippen LogP contribution in [0, 0.1) is 11.8 Å². The average molecular weight is 210 g/mol. The molecule has 1 saturated carbocycles. The maximum Gasteiger partial charge on any atom is 0.225 e. The average Bonchev–Trinajstić information content (AvgIpc) is 2.74. The lowest BCUT2D eigenvalue weighted by atomic mass is 9.94. The number of carbonyl (C=O) groups excluding carboxylic acids is 1. The molecule has 2 atom stereocenters. The molecule has 1 amide bonds. The Bertz CT molecular complexity index is 246. The quantitative estimate of drug-likeness (QED) is 0.721. The molecule has 3 heteroatoms. The number of rotatable bonds is 2. The van der Waals surface area contributed by atoms with Gasteiger partial charge in [-0.3, -0.25) is 4.79 Å². The van der Waals surface area contributed by atoms with E-state index in [1.54, 1.807) is 0 Å². The van der Waals surface area contributed by atoms with E-state index >= 15 is 0 Å². The Morgan fingerprint density at radius 3 is 2.53 bits per heavy atom. The largest absolute Gasteiger partial charge is 0.351 e. The molecule has 1 heterocycles. The monoisotopic (exact) mass is 210 g/mol. The molecule has 2 fully saturated rings. The van der Waals surface area contributed by atoms with Crippen molar-refractivity contribution in [1.82, 2.24) is 10.6 Å². The van der Waals surface area contributed by atoms with Gasteiger partial charge in [0, 0.05) is 12.1 Å². The van der Waals surface area contributed by atoms with Gasteiger partial charge in [0.05, 0.1) is 5.92 Å². The third kappa shape index (κ3) is 2.33. The zero-order chi connectivity index (χ0) is 10.9. The van der Waals surface area contributed by atoms with Gasteiger partial charge < -0.3 is 10.6 Å². The van der Waals surface area contributed by atoms with Crippen LogP contribution in [-0.2, 0) is 4.79 Å². The Morgan fingerprint density at radius 1 is 1.33 bits per heavy atom. The van der Waals surface area contributed by atoms with Crippen LogP contribution in [0.15, 0.2) is 0 Å². The van der Waals surface area contributed by atoms with E-state index in [-0.39, 0.29) is 17.4 Å². The molecular formula is C12H22N2O. The van der Waals surface area contributed by atoms with Crippen molar-refractivity contribution in [3.63, 3.8) is 0 Å². The fraction of sp³-hybridized carbons (Fsp3) is 0.917. The van der Waals surface area contributed by atoms with Crippen molar-refractivity contribution in [3.05, 3.63) is 0 Å². The van der Waals surface area contributed by atoms with Crippen LogP contribution in [0.4, 0.5) is 0 Å². The topological polar surface area (TPSA) is 41.1 Å². The fourth-order valence-corrected chi connectivity index (χ4v) is 2.83. The van der Waals surface area contributed by atoms with E-state index in [0.29, 0.717) is 5.92 Å². The van der Waals surface area contributed by atoms with Crippen molar-refractivity contribution in [1.29, 1.82) is 0 Å². The SMILES string of the molecule is CC1CNCC1C(=O)NC1(C)CCCC1. The summed E-state index contributed by atoms with van der Waals surface area (Å²) < 4.78 is 0. The maximum atomic E-state index is 12.1. The summed E-state index contributed by atoms with van der Waals surface area (Å²) >= 11 is 0. The second-order valence-corrected chi connectivity index (χ2v) is 5.50. The molecule has 0 radical (unpaired) electrons. The normalized spacial score (nSPS) is 34.3. The Morgan fingerprint density at radius 2 is 2.00 bits per heavy atom. The number of nitrogens with one attached hydrogen (secondary N) is 2. The van der Waals surface area contributed by atoms with E-state index in [0.717, 1.165) is 25.9 Å². The molecule has 0 aromatic carbocycles. The highest BCUT2D eigenvalue weighted by Gasteiger charge is 2.35. The van der Waals surface area contributed by atoms with Gasteiger partial charge in [0.2, 0.25) is 5.91 Å². The standard InChI is InChI=1S/C12H22N2O/c1-9-7-13-8-10(9)11(15)14-12(2)5-3-4-6-12/h9-10,13H,3-8H2,1-2H3,(H,14,15). The molecule has 86 valence electrons. The molecule has 0 bridgehead atoms. The Balaban J connectivity index is 1.91. The van der Waals surface area contributed by atoms with Crippen molar-refractivity contribution in [3.8, 4) is 0 Å². The molecular weight excluding hydrogens is 188 g/mol. The molecule has 2 unspecified atom stereocenters. The summed E-state index contributed by atoms with van der Waals surface area (Å²) in [6.07, 6.45) is 4.81. The first-order valence-electron chi connectivity index (χ1n) is 6.13. The number of amides is 1. The summed E-state index contributed by atoms with van der Waals surface area (Å²) in [4.78, 5) is 12.1. The van der Waals surface area contributed by atoms with Gasteiger partial charge in [-0.1, -0.05) is 19.8 Å². The first-order valence-corrected chi connectivity index (χ1v) is 6.13. The lowest BCUT2D eigenvalue weighted by molar-refractivity contribution is -0.127. The maximum absolute atomic E-state index is 12.1. The molecule has 1 aliphatic heterocycles. The van der Waals surface area contributed by atoms with Gasteiger partial charge in [0.1, 0.15) is 0 Å². The fourth-order valence-electron chi connectivity index (χ4n) is 2.83. The van der Waals surface area contributed by atoms with E-state index in [4.69, 9.17) is 0 Å². The molecule has 2 rings (SSSR count). The summed E-state index contributed by atoms with van der Waals surface area (Å²) in [6.45, 7) is 6.17. The van der Waals surface area contributed by atoms with E-state index < -0.39 is 0 Å². The number of carbonyl (C=O) groups is 1. The molecule has 0 aromatic rings. The lowest BCUT2D eigenvalue weighted by Gasteiger charge is -2.27. The molecule has 2 N–H and O–H groups in total. The zero-order valence-electron chi connectivity index (χ0n) is 9.81. The summed E-state index contributed by atoms with van der Waals surface area (Å²) in [5.74, 6) is 0.925. The van der Waals surface area contributed by atoms with Crippen LogP contribution in [0.25, 0.3) is 0 Å². The van der Waals surface area contributed by atoms with Gasteiger partial charge in [-0.15, -0.1) is 0 Å². The molecule has 1 aliphatic carbocycles. The Kier molecular flexibility index (Phi) is 3.01. The minimum Gasteiger partial charge on any atom is -0.351 e. The van der Waals surface area contributed by atoms with Crippen molar-refractivity contribution < 1.29 is 4.79 Å². The van der Waals surface area contributed by atoms with Crippen LogP contribution >= 0.6 is 0 Å². The zero-order valence-corrected chi connectivity index (χ0v) is 9.81. The molecule has 3 nitrogen and oxygen atoms in total. The second kappa shape index (κ2) is 4.12. The number of hydrogen-bond acceptors (Lipinski definition) is 2. The number of hydrogen-bond donors (Lipinski definition) is 2. The molecule has 0 aromatic heterocycles. The van der Waals surface area contributed by atoms with E-state index in [1.807, 2.05) is 0 Å². The predicted octanol–water partition coefficient (Wildman–Crippen LogP) is 1.29. The van der Waals surface area contributed by atoms with Gasteiger partial charge in [-0.2, -0.15) is 0 Å². The van der Waals surface area contributed by atoms with Gasteiger partial charge in [-0.25, -0.2) is 0 Å². The highest BCUT2D eigenvalue weighted by atomic mass is 16.2. The summed E-state index contributed by atoms with van der Waals surface area (Å²) in [6, 6.07) is 0. The third-order valence-corrected chi connectivity index (χ3v) is 3.99. The second-order valence-electron chi connectivity index (χ2n) is 5.50. The lowest BCUT2D eigenvalue weighted by Crippen LogP contribution is -2.47. The smallest absolute Gasteiger partial charge is 0.225 e. The Labute approximate surface area is 92.0 Å². The first kappa shape index (κ1) is 10.9. The van der Waals surface area contributed by atoms with Crippen molar-refractivity contribution >= 4 is 5.91 Å². The summed E-state index contributed by atoms with van der Waals surface area (Å²) in [7, 11) is 0. The van der Waals surface area contributed by atoms with Gasteiger partial charge in [-0.05, 0) is 32.2 Å². The third-order valence-electron chi connectivity index (χ3n) is 3.99. The molecule has 0 spiro atoms. The summed E-state index contributed by atoms with van der Waals surface area (Å²) in [5, 5.41) is 6.53. The van der Waals surface area contributed by atoms with Crippen LogP contribution < -0.4 is 10.6 Å². The van der Waals surface area contributed by atoms with Crippen LogP contribution in [0.2, 0.25) is 0 Å². The summed E-state index contributed by atoms with van der Waals surface area (Å²) in [5.41, 5.74) is 0.0827. The first-order chi connectivity index (χ1) is 7.11. The van der Waals surface area contributed by atoms with Crippen LogP contribution in [0.3, 0.4) is 0 Å². The van der Waals surface area contributed by atoms with Crippen LogP contribution in [0.1, 0.15) is 39.5 Å². The van der Waals surface area contributed by atoms with E-state index in [1.165, 1.54) is 12.8 Å².